The maximum atomic E-state index is 13.8. The van der Waals surface area contributed by atoms with Crippen LogP contribution >= 0.6 is 0 Å². The number of nitrogens with one attached hydrogen (secondary N) is 1. The molecule has 0 spiro atoms. The zero-order chi connectivity index (χ0) is 14.5. The molecule has 0 fully saturated rings. The summed E-state index contributed by atoms with van der Waals surface area (Å²) in [5, 5.41) is 3.36. The fraction of sp³-hybridized carbons (Fsp3) is 0.294. The maximum absolute atomic E-state index is 13.8. The quantitative estimate of drug-likeness (QED) is 0.829. The van der Waals surface area contributed by atoms with Crippen LogP contribution in [0.2, 0.25) is 0 Å². The lowest BCUT2D eigenvalue weighted by Gasteiger charge is -2.23. The van der Waals surface area contributed by atoms with E-state index < -0.39 is 0 Å². The van der Waals surface area contributed by atoms with Gasteiger partial charge in [-0.1, -0.05) is 37.3 Å². The monoisotopic (exact) mass is 275 g/mol. The summed E-state index contributed by atoms with van der Waals surface area (Å²) >= 11 is 0. The van der Waals surface area contributed by atoms with E-state index in [-0.39, 0.29) is 23.7 Å². The third-order valence-electron chi connectivity index (χ3n) is 3.48. The predicted molar refractivity (Wildman–Crippen MR) is 77.4 cm³/mol. The van der Waals surface area contributed by atoms with Gasteiger partial charge in [0.05, 0.1) is 0 Å². The molecule has 0 aliphatic carbocycles. The molecule has 2 atom stereocenters. The molecule has 0 aliphatic rings. The first-order valence-corrected chi connectivity index (χ1v) is 6.87. The second kappa shape index (κ2) is 6.62. The normalized spacial score (nSPS) is 14.0. The van der Waals surface area contributed by atoms with Crippen molar-refractivity contribution in [2.24, 2.45) is 0 Å². The molecule has 0 aliphatic heterocycles. The van der Waals surface area contributed by atoms with Gasteiger partial charge in [0.25, 0.3) is 0 Å². The van der Waals surface area contributed by atoms with Crippen LogP contribution in [0.4, 0.5) is 8.78 Å². The Morgan fingerprint density at radius 2 is 1.80 bits per heavy atom. The summed E-state index contributed by atoms with van der Waals surface area (Å²) in [5.74, 6) is -0.470. The smallest absolute Gasteiger partial charge is 0.127 e. The van der Waals surface area contributed by atoms with Crippen LogP contribution in [-0.2, 0) is 0 Å². The minimum Gasteiger partial charge on any atom is -0.303 e. The van der Waals surface area contributed by atoms with Gasteiger partial charge in [-0.15, -0.1) is 0 Å². The maximum Gasteiger partial charge on any atom is 0.127 e. The lowest BCUT2D eigenvalue weighted by atomic mass is 10.0. The van der Waals surface area contributed by atoms with Crippen molar-refractivity contribution < 1.29 is 8.78 Å². The number of halogens is 2. The first kappa shape index (κ1) is 14.7. The highest BCUT2D eigenvalue weighted by Crippen LogP contribution is 2.24. The Morgan fingerprint density at radius 3 is 2.45 bits per heavy atom. The first-order chi connectivity index (χ1) is 9.61. The molecule has 2 aromatic carbocycles. The van der Waals surface area contributed by atoms with Gasteiger partial charge in [0.15, 0.2) is 0 Å². The average molecular weight is 275 g/mol. The van der Waals surface area contributed by atoms with Crippen LogP contribution in [0.5, 0.6) is 0 Å². The van der Waals surface area contributed by atoms with Gasteiger partial charge in [0.2, 0.25) is 0 Å². The molecule has 0 saturated heterocycles. The van der Waals surface area contributed by atoms with Crippen LogP contribution < -0.4 is 5.32 Å². The zero-order valence-electron chi connectivity index (χ0n) is 11.7. The molecule has 20 heavy (non-hydrogen) atoms. The molecule has 1 N–H and O–H groups in total. The molecule has 0 saturated carbocycles. The number of hydrogen-bond acceptors (Lipinski definition) is 1. The van der Waals surface area contributed by atoms with Gasteiger partial charge < -0.3 is 5.32 Å². The van der Waals surface area contributed by atoms with Gasteiger partial charge >= 0.3 is 0 Å². The molecule has 2 unspecified atom stereocenters. The molecule has 0 radical (unpaired) electrons. The molecule has 1 nitrogen and oxygen atoms in total. The van der Waals surface area contributed by atoms with Crippen LogP contribution in [0.3, 0.4) is 0 Å². The third-order valence-corrected chi connectivity index (χ3v) is 3.48. The highest BCUT2D eigenvalue weighted by atomic mass is 19.1. The summed E-state index contributed by atoms with van der Waals surface area (Å²) < 4.78 is 27.1. The Bertz CT molecular complexity index is 568. The summed E-state index contributed by atoms with van der Waals surface area (Å²) in [7, 11) is 0. The SMILES string of the molecule is CCC(NC(C)c1ccccc1F)c1cccc(F)c1. The Kier molecular flexibility index (Phi) is 4.85. The minimum atomic E-state index is -0.249. The lowest BCUT2D eigenvalue weighted by Crippen LogP contribution is -2.25. The van der Waals surface area contributed by atoms with Crippen molar-refractivity contribution in [3.8, 4) is 0 Å². The highest BCUT2D eigenvalue weighted by molar-refractivity contribution is 5.23. The third kappa shape index (κ3) is 3.42. The van der Waals surface area contributed by atoms with Crippen molar-refractivity contribution in [1.82, 2.24) is 5.32 Å². The van der Waals surface area contributed by atoms with E-state index in [1.54, 1.807) is 18.2 Å². The van der Waals surface area contributed by atoms with Gasteiger partial charge in [-0.05, 0) is 37.1 Å². The van der Waals surface area contributed by atoms with Crippen molar-refractivity contribution >= 4 is 0 Å². The molecule has 0 heterocycles. The molecule has 0 amide bonds. The molecule has 0 aromatic heterocycles. The standard InChI is InChI=1S/C17H19F2N/c1-3-17(13-7-6-8-14(18)11-13)20-12(2)15-9-4-5-10-16(15)19/h4-12,17,20H,3H2,1-2H3. The van der Waals surface area contributed by atoms with Crippen molar-refractivity contribution in [2.75, 3.05) is 0 Å². The Hall–Kier alpha value is -1.74. The van der Waals surface area contributed by atoms with E-state index in [1.165, 1.54) is 18.2 Å². The van der Waals surface area contributed by atoms with E-state index in [0.717, 1.165) is 12.0 Å². The fourth-order valence-corrected chi connectivity index (χ4v) is 2.39. The number of benzene rings is 2. The summed E-state index contributed by atoms with van der Waals surface area (Å²) in [5.41, 5.74) is 1.51. The molecular formula is C17H19F2N. The van der Waals surface area contributed by atoms with Crippen molar-refractivity contribution in [3.63, 3.8) is 0 Å². The van der Waals surface area contributed by atoms with Gasteiger partial charge in [-0.2, -0.15) is 0 Å². The molecule has 106 valence electrons. The molecular weight excluding hydrogens is 256 g/mol. The second-order valence-electron chi connectivity index (χ2n) is 4.93. The van der Waals surface area contributed by atoms with E-state index in [1.807, 2.05) is 26.0 Å². The summed E-state index contributed by atoms with van der Waals surface area (Å²) in [4.78, 5) is 0. The van der Waals surface area contributed by atoms with Crippen LogP contribution in [0.1, 0.15) is 43.5 Å². The summed E-state index contributed by atoms with van der Waals surface area (Å²) in [6, 6.07) is 13.1. The minimum absolute atomic E-state index is 0.000283. The van der Waals surface area contributed by atoms with Crippen molar-refractivity contribution in [2.45, 2.75) is 32.4 Å². The van der Waals surface area contributed by atoms with Crippen molar-refractivity contribution in [1.29, 1.82) is 0 Å². The fourth-order valence-electron chi connectivity index (χ4n) is 2.39. The van der Waals surface area contributed by atoms with E-state index in [2.05, 4.69) is 5.32 Å². The highest BCUT2D eigenvalue weighted by Gasteiger charge is 2.16. The van der Waals surface area contributed by atoms with E-state index in [4.69, 9.17) is 0 Å². The van der Waals surface area contributed by atoms with E-state index in [9.17, 15) is 8.78 Å². The predicted octanol–water partition coefficient (Wildman–Crippen LogP) is 4.77. The molecule has 2 rings (SSSR count). The Morgan fingerprint density at radius 1 is 1.05 bits per heavy atom. The van der Waals surface area contributed by atoms with E-state index in [0.29, 0.717) is 5.56 Å². The molecule has 2 aromatic rings. The van der Waals surface area contributed by atoms with Crippen LogP contribution in [-0.4, -0.2) is 0 Å². The van der Waals surface area contributed by atoms with Crippen LogP contribution in [0.25, 0.3) is 0 Å². The Balaban J connectivity index is 2.16. The second-order valence-corrected chi connectivity index (χ2v) is 4.93. The summed E-state index contributed by atoms with van der Waals surface area (Å²) in [6.07, 6.45) is 0.808. The van der Waals surface area contributed by atoms with Gasteiger partial charge in [-0.25, -0.2) is 8.78 Å². The van der Waals surface area contributed by atoms with Gasteiger partial charge in [-0.3, -0.25) is 0 Å². The summed E-state index contributed by atoms with van der Waals surface area (Å²) in [6.45, 7) is 3.94. The van der Waals surface area contributed by atoms with Crippen LogP contribution in [0.15, 0.2) is 48.5 Å². The van der Waals surface area contributed by atoms with E-state index >= 15 is 0 Å². The van der Waals surface area contributed by atoms with Crippen molar-refractivity contribution in [3.05, 3.63) is 71.3 Å². The largest absolute Gasteiger partial charge is 0.303 e. The van der Waals surface area contributed by atoms with Gasteiger partial charge in [0, 0.05) is 17.6 Å². The number of rotatable bonds is 5. The topological polar surface area (TPSA) is 12.0 Å². The van der Waals surface area contributed by atoms with Crippen LogP contribution in [0, 0.1) is 11.6 Å². The number of hydrogen-bond donors (Lipinski definition) is 1. The molecule has 3 heteroatoms. The first-order valence-electron chi connectivity index (χ1n) is 6.87. The lowest BCUT2D eigenvalue weighted by molar-refractivity contribution is 0.441. The zero-order valence-corrected chi connectivity index (χ0v) is 11.7. The Labute approximate surface area is 118 Å². The molecule has 0 bridgehead atoms. The average Bonchev–Trinajstić information content (AvgIpc) is 2.45. The van der Waals surface area contributed by atoms with Gasteiger partial charge in [0.1, 0.15) is 11.6 Å².